The molecule has 0 spiro atoms. The smallest absolute Gasteiger partial charge is 0.306 e. The number of rotatable bonds is 5. The van der Waals surface area contributed by atoms with Crippen molar-refractivity contribution in [2.24, 2.45) is 5.92 Å². The van der Waals surface area contributed by atoms with Gasteiger partial charge in [0, 0.05) is 24.3 Å². The van der Waals surface area contributed by atoms with Crippen molar-refractivity contribution in [3.63, 3.8) is 0 Å². The zero-order chi connectivity index (χ0) is 18.7. The molecule has 26 heavy (non-hydrogen) atoms. The fourth-order valence-corrected chi connectivity index (χ4v) is 3.03. The molecule has 8 nitrogen and oxygen atoms in total. The number of carboxylic acids is 1. The first-order valence-corrected chi connectivity index (χ1v) is 8.42. The number of carbonyl (C=O) groups is 2. The first-order valence-electron chi connectivity index (χ1n) is 8.42. The van der Waals surface area contributed by atoms with Crippen LogP contribution in [0.4, 0.5) is 23.0 Å². The summed E-state index contributed by atoms with van der Waals surface area (Å²) in [7, 11) is 0. The summed E-state index contributed by atoms with van der Waals surface area (Å²) < 4.78 is 0. The van der Waals surface area contributed by atoms with Crippen LogP contribution in [-0.4, -0.2) is 39.9 Å². The highest BCUT2D eigenvalue weighted by Gasteiger charge is 2.26. The van der Waals surface area contributed by atoms with Gasteiger partial charge in [-0.25, -0.2) is 9.97 Å². The molecule has 0 radical (unpaired) electrons. The summed E-state index contributed by atoms with van der Waals surface area (Å²) in [5, 5.41) is 12.2. The van der Waals surface area contributed by atoms with Crippen molar-refractivity contribution in [3.8, 4) is 0 Å². The maximum absolute atomic E-state index is 11.5. The minimum absolute atomic E-state index is 0.0219. The number of hydrogen-bond donors (Lipinski definition) is 3. The van der Waals surface area contributed by atoms with E-state index in [-0.39, 0.29) is 11.7 Å². The number of nitrogens with two attached hydrogens (primary N) is 1. The predicted octanol–water partition coefficient (Wildman–Crippen LogP) is 2.31. The van der Waals surface area contributed by atoms with Gasteiger partial charge in [-0.15, -0.1) is 0 Å². The Balaban J connectivity index is 1.79. The number of nitrogens with one attached hydrogen (secondary N) is 1. The molecular formula is C18H21N5O3. The van der Waals surface area contributed by atoms with Crippen molar-refractivity contribution >= 4 is 34.8 Å². The fourth-order valence-electron chi connectivity index (χ4n) is 3.03. The van der Waals surface area contributed by atoms with Gasteiger partial charge < -0.3 is 21.1 Å². The van der Waals surface area contributed by atoms with Gasteiger partial charge in [0.15, 0.2) is 17.4 Å². The molecule has 0 saturated carbocycles. The number of aromatic nitrogens is 2. The molecule has 8 heteroatoms. The molecule has 0 bridgehead atoms. The van der Waals surface area contributed by atoms with Gasteiger partial charge in [0.05, 0.1) is 5.92 Å². The summed E-state index contributed by atoms with van der Waals surface area (Å²) in [4.78, 5) is 33.1. The van der Waals surface area contributed by atoms with E-state index >= 15 is 0 Å². The second kappa shape index (κ2) is 7.38. The Morgan fingerprint density at radius 2 is 2.00 bits per heavy atom. The van der Waals surface area contributed by atoms with Crippen LogP contribution in [0.25, 0.3) is 0 Å². The van der Waals surface area contributed by atoms with Gasteiger partial charge in [-0.3, -0.25) is 9.59 Å². The monoisotopic (exact) mass is 355 g/mol. The van der Waals surface area contributed by atoms with E-state index in [0.29, 0.717) is 54.5 Å². The predicted molar refractivity (Wildman–Crippen MR) is 98.7 cm³/mol. The van der Waals surface area contributed by atoms with Crippen molar-refractivity contribution in [1.29, 1.82) is 0 Å². The lowest BCUT2D eigenvalue weighted by Gasteiger charge is -2.31. The third-order valence-corrected chi connectivity index (χ3v) is 4.54. The zero-order valence-corrected chi connectivity index (χ0v) is 14.5. The highest BCUT2D eigenvalue weighted by Crippen LogP contribution is 2.31. The largest absolute Gasteiger partial charge is 0.481 e. The average Bonchev–Trinajstić information content (AvgIpc) is 2.64. The zero-order valence-electron chi connectivity index (χ0n) is 14.5. The van der Waals surface area contributed by atoms with E-state index in [9.17, 15) is 9.59 Å². The topological polar surface area (TPSA) is 121 Å². The van der Waals surface area contributed by atoms with Crippen LogP contribution in [-0.2, 0) is 4.79 Å². The Morgan fingerprint density at radius 1 is 1.27 bits per heavy atom. The van der Waals surface area contributed by atoms with E-state index in [0.717, 1.165) is 0 Å². The summed E-state index contributed by atoms with van der Waals surface area (Å²) >= 11 is 0. The molecule has 2 aromatic rings. The molecule has 136 valence electrons. The normalized spacial score (nSPS) is 14.9. The van der Waals surface area contributed by atoms with Crippen molar-refractivity contribution in [3.05, 3.63) is 36.2 Å². The lowest BCUT2D eigenvalue weighted by atomic mass is 9.97. The SMILES string of the molecule is CC(=O)c1cccc(Nc2ncnc(N3CCC(C(=O)O)CC3)c2N)c1. The molecule has 1 saturated heterocycles. The van der Waals surface area contributed by atoms with Crippen molar-refractivity contribution in [2.45, 2.75) is 19.8 Å². The third kappa shape index (κ3) is 3.74. The van der Waals surface area contributed by atoms with Crippen LogP contribution in [0.1, 0.15) is 30.1 Å². The molecule has 0 amide bonds. The number of Topliss-reactive ketones (excluding diaryl/α,β-unsaturated/α-hetero) is 1. The summed E-state index contributed by atoms with van der Waals surface area (Å²) in [5.74, 6) is -0.0503. The number of anilines is 4. The molecule has 0 unspecified atom stereocenters. The van der Waals surface area contributed by atoms with Crippen LogP contribution in [0.5, 0.6) is 0 Å². The average molecular weight is 355 g/mol. The van der Waals surface area contributed by atoms with E-state index < -0.39 is 5.97 Å². The molecule has 3 rings (SSSR count). The van der Waals surface area contributed by atoms with Gasteiger partial charge in [-0.1, -0.05) is 12.1 Å². The number of piperidine rings is 1. The first kappa shape index (κ1) is 17.7. The Labute approximate surface area is 151 Å². The summed E-state index contributed by atoms with van der Waals surface area (Å²) in [6, 6.07) is 7.09. The second-order valence-corrected chi connectivity index (χ2v) is 6.32. The number of hydrogen-bond acceptors (Lipinski definition) is 7. The van der Waals surface area contributed by atoms with Crippen LogP contribution in [0.3, 0.4) is 0 Å². The van der Waals surface area contributed by atoms with Crippen LogP contribution < -0.4 is 16.0 Å². The summed E-state index contributed by atoms with van der Waals surface area (Å²) in [6.07, 6.45) is 2.54. The van der Waals surface area contributed by atoms with Crippen LogP contribution in [0.2, 0.25) is 0 Å². The minimum Gasteiger partial charge on any atom is -0.481 e. The highest BCUT2D eigenvalue weighted by molar-refractivity contribution is 5.95. The molecule has 1 fully saturated rings. The van der Waals surface area contributed by atoms with E-state index in [4.69, 9.17) is 10.8 Å². The van der Waals surface area contributed by atoms with Crippen LogP contribution >= 0.6 is 0 Å². The molecule has 2 heterocycles. The maximum Gasteiger partial charge on any atom is 0.306 e. The van der Waals surface area contributed by atoms with E-state index in [1.165, 1.54) is 13.3 Å². The fraction of sp³-hybridized carbons (Fsp3) is 0.333. The third-order valence-electron chi connectivity index (χ3n) is 4.54. The lowest BCUT2D eigenvalue weighted by molar-refractivity contribution is -0.142. The van der Waals surface area contributed by atoms with Gasteiger partial charge in [0.25, 0.3) is 0 Å². The van der Waals surface area contributed by atoms with Gasteiger partial charge in [-0.05, 0) is 31.9 Å². The Kier molecular flexibility index (Phi) is 5.01. The molecule has 1 aliphatic rings. The van der Waals surface area contributed by atoms with Crippen LogP contribution in [0.15, 0.2) is 30.6 Å². The molecule has 4 N–H and O–H groups in total. The first-order chi connectivity index (χ1) is 12.5. The second-order valence-electron chi connectivity index (χ2n) is 6.32. The van der Waals surface area contributed by atoms with Crippen molar-refractivity contribution in [1.82, 2.24) is 9.97 Å². The molecule has 1 aromatic carbocycles. The van der Waals surface area contributed by atoms with Crippen molar-refractivity contribution < 1.29 is 14.7 Å². The molecule has 0 atom stereocenters. The number of carboxylic acid groups (broad SMARTS) is 1. The Bertz CT molecular complexity index is 831. The number of carbonyl (C=O) groups excluding carboxylic acids is 1. The quantitative estimate of drug-likeness (QED) is 0.699. The number of aliphatic carboxylic acids is 1. The Hall–Kier alpha value is -3.16. The maximum atomic E-state index is 11.5. The van der Waals surface area contributed by atoms with E-state index in [2.05, 4.69) is 15.3 Å². The van der Waals surface area contributed by atoms with Gasteiger partial charge in [0.2, 0.25) is 0 Å². The number of nitrogens with zero attached hydrogens (tertiary/aromatic N) is 3. The Morgan fingerprint density at radius 3 is 2.65 bits per heavy atom. The van der Waals surface area contributed by atoms with E-state index in [1.807, 2.05) is 11.0 Å². The van der Waals surface area contributed by atoms with Gasteiger partial charge >= 0.3 is 5.97 Å². The standard InChI is InChI=1S/C18H21N5O3/c1-11(24)13-3-2-4-14(9-13)22-16-15(19)17(21-10-20-16)23-7-5-12(6-8-23)18(25)26/h2-4,9-10,12H,5-8,19H2,1H3,(H,25,26)(H,20,21,22). The number of ketones is 1. The van der Waals surface area contributed by atoms with Crippen molar-refractivity contribution in [2.75, 3.05) is 29.0 Å². The van der Waals surface area contributed by atoms with Gasteiger partial charge in [-0.2, -0.15) is 0 Å². The highest BCUT2D eigenvalue weighted by atomic mass is 16.4. The number of nitrogen functional groups attached to an aromatic ring is 1. The number of benzene rings is 1. The molecular weight excluding hydrogens is 334 g/mol. The molecule has 1 aliphatic heterocycles. The summed E-state index contributed by atoms with van der Waals surface area (Å²) in [6.45, 7) is 2.67. The molecule has 1 aromatic heterocycles. The van der Waals surface area contributed by atoms with E-state index in [1.54, 1.807) is 18.2 Å². The lowest BCUT2D eigenvalue weighted by Crippen LogP contribution is -2.37. The molecule has 0 aliphatic carbocycles. The van der Waals surface area contributed by atoms with Gasteiger partial charge in [0.1, 0.15) is 12.0 Å². The minimum atomic E-state index is -0.756. The van der Waals surface area contributed by atoms with Crippen LogP contribution in [0, 0.1) is 5.92 Å². The summed E-state index contributed by atoms with van der Waals surface area (Å²) in [5.41, 5.74) is 7.94.